The smallest absolute Gasteiger partial charge is 0.154 e. The minimum Gasteiger partial charge on any atom is -0.313 e. The van der Waals surface area contributed by atoms with Gasteiger partial charge in [-0.2, -0.15) is 0 Å². The van der Waals surface area contributed by atoms with Crippen LogP contribution in [-0.2, 0) is 9.84 Å². The maximum atomic E-state index is 12.7. The van der Waals surface area contributed by atoms with Crippen molar-refractivity contribution < 1.29 is 8.42 Å². The van der Waals surface area contributed by atoms with Crippen molar-refractivity contribution in [3.8, 4) is 0 Å². The lowest BCUT2D eigenvalue weighted by atomic mass is 9.75. The highest BCUT2D eigenvalue weighted by atomic mass is 32.2. The van der Waals surface area contributed by atoms with Crippen molar-refractivity contribution in [2.75, 3.05) is 12.3 Å². The van der Waals surface area contributed by atoms with Gasteiger partial charge in [0.1, 0.15) is 0 Å². The quantitative estimate of drug-likeness (QED) is 0.698. The van der Waals surface area contributed by atoms with E-state index in [1.54, 1.807) is 0 Å². The number of rotatable bonds is 8. The average molecular weight is 304 g/mol. The molecule has 0 heterocycles. The molecule has 0 radical (unpaired) electrons. The van der Waals surface area contributed by atoms with E-state index in [-0.39, 0.29) is 16.7 Å². The van der Waals surface area contributed by atoms with Crippen molar-refractivity contribution in [3.63, 3.8) is 0 Å². The molecule has 120 valence electrons. The molecule has 2 unspecified atom stereocenters. The maximum absolute atomic E-state index is 12.7. The predicted molar refractivity (Wildman–Crippen MR) is 86.8 cm³/mol. The fraction of sp³-hybridized carbons (Fsp3) is 1.00. The molecular weight excluding hydrogens is 270 g/mol. The molecule has 20 heavy (non-hydrogen) atoms. The summed E-state index contributed by atoms with van der Waals surface area (Å²) in [4.78, 5) is 0. The van der Waals surface area contributed by atoms with Gasteiger partial charge in [-0.05, 0) is 44.1 Å². The molecule has 1 rings (SSSR count). The second kappa shape index (κ2) is 7.79. The van der Waals surface area contributed by atoms with Gasteiger partial charge in [0, 0.05) is 6.04 Å². The van der Waals surface area contributed by atoms with Gasteiger partial charge in [0.25, 0.3) is 0 Å². The van der Waals surface area contributed by atoms with Crippen molar-refractivity contribution >= 4 is 9.84 Å². The standard InChI is InChI=1S/C16H33NO2S/c1-5-7-8-12-20(18,19)15-13-16(3,4)10-9-14(15)17-11-6-2/h14-15,17H,5-13H2,1-4H3. The molecule has 1 saturated carbocycles. The van der Waals surface area contributed by atoms with Crippen LogP contribution in [0.5, 0.6) is 0 Å². The zero-order valence-electron chi connectivity index (χ0n) is 13.7. The topological polar surface area (TPSA) is 46.2 Å². The first kappa shape index (κ1) is 18.0. The van der Waals surface area contributed by atoms with E-state index in [1.165, 1.54) is 0 Å². The van der Waals surface area contributed by atoms with Crippen LogP contribution in [0.3, 0.4) is 0 Å². The summed E-state index contributed by atoms with van der Waals surface area (Å²) >= 11 is 0. The van der Waals surface area contributed by atoms with E-state index in [4.69, 9.17) is 0 Å². The molecule has 0 spiro atoms. The van der Waals surface area contributed by atoms with Crippen molar-refractivity contribution in [1.82, 2.24) is 5.32 Å². The van der Waals surface area contributed by atoms with E-state index in [1.807, 2.05) is 0 Å². The van der Waals surface area contributed by atoms with Gasteiger partial charge in [-0.3, -0.25) is 0 Å². The minimum atomic E-state index is -2.97. The third-order valence-corrected chi connectivity index (χ3v) is 6.76. The number of hydrogen-bond donors (Lipinski definition) is 1. The number of nitrogens with one attached hydrogen (secondary N) is 1. The van der Waals surface area contributed by atoms with E-state index in [2.05, 4.69) is 33.0 Å². The summed E-state index contributed by atoms with van der Waals surface area (Å²) in [5.41, 5.74) is 0.160. The Hall–Kier alpha value is -0.0900. The molecule has 0 aliphatic heterocycles. The third kappa shape index (κ3) is 5.36. The summed E-state index contributed by atoms with van der Waals surface area (Å²) in [5.74, 6) is 0.367. The lowest BCUT2D eigenvalue weighted by Crippen LogP contribution is -2.50. The second-order valence-corrected chi connectivity index (χ2v) is 9.42. The minimum absolute atomic E-state index is 0.160. The van der Waals surface area contributed by atoms with Crippen LogP contribution in [0.25, 0.3) is 0 Å². The van der Waals surface area contributed by atoms with Crippen molar-refractivity contribution in [2.45, 2.75) is 83.9 Å². The Morgan fingerprint density at radius 2 is 1.85 bits per heavy atom. The molecular formula is C16H33NO2S. The summed E-state index contributed by atoms with van der Waals surface area (Å²) in [7, 11) is -2.97. The monoisotopic (exact) mass is 303 g/mol. The van der Waals surface area contributed by atoms with Gasteiger partial charge in [0.15, 0.2) is 9.84 Å². The Morgan fingerprint density at radius 3 is 2.45 bits per heavy atom. The Bertz CT molecular complexity index is 376. The second-order valence-electron chi connectivity index (χ2n) is 7.08. The van der Waals surface area contributed by atoms with Crippen LogP contribution in [0.15, 0.2) is 0 Å². The van der Waals surface area contributed by atoms with Crippen LogP contribution in [-0.4, -0.2) is 32.0 Å². The summed E-state index contributed by atoms with van der Waals surface area (Å²) < 4.78 is 25.4. The normalized spacial score (nSPS) is 26.6. The van der Waals surface area contributed by atoms with E-state index in [0.717, 1.165) is 51.5 Å². The molecule has 1 fully saturated rings. The SMILES string of the molecule is CCCCCS(=O)(=O)C1CC(C)(C)CCC1NCCC. The molecule has 0 bridgehead atoms. The van der Waals surface area contributed by atoms with Gasteiger partial charge in [-0.25, -0.2) is 8.42 Å². The highest BCUT2D eigenvalue weighted by Gasteiger charge is 2.41. The van der Waals surface area contributed by atoms with Gasteiger partial charge in [-0.15, -0.1) is 0 Å². The van der Waals surface area contributed by atoms with Crippen molar-refractivity contribution in [1.29, 1.82) is 0 Å². The molecule has 0 saturated heterocycles. The van der Waals surface area contributed by atoms with E-state index < -0.39 is 9.84 Å². The predicted octanol–water partition coefficient (Wildman–Crippen LogP) is 3.54. The number of hydrogen-bond acceptors (Lipinski definition) is 3. The number of unbranched alkanes of at least 4 members (excludes halogenated alkanes) is 2. The maximum Gasteiger partial charge on any atom is 0.154 e. The van der Waals surface area contributed by atoms with E-state index >= 15 is 0 Å². The first-order chi connectivity index (χ1) is 9.32. The Balaban J connectivity index is 2.76. The van der Waals surface area contributed by atoms with Crippen LogP contribution < -0.4 is 5.32 Å². The first-order valence-corrected chi connectivity index (χ1v) is 9.99. The van der Waals surface area contributed by atoms with E-state index in [9.17, 15) is 8.42 Å². The highest BCUT2D eigenvalue weighted by Crippen LogP contribution is 2.38. The van der Waals surface area contributed by atoms with Crippen LogP contribution in [0.4, 0.5) is 0 Å². The van der Waals surface area contributed by atoms with Crippen LogP contribution in [0.1, 0.15) is 72.6 Å². The summed E-state index contributed by atoms with van der Waals surface area (Å²) in [6.45, 7) is 9.58. The Kier molecular flexibility index (Phi) is 6.99. The fourth-order valence-corrected chi connectivity index (χ4v) is 5.51. The molecule has 1 N–H and O–H groups in total. The summed E-state index contributed by atoms with van der Waals surface area (Å²) in [6, 6.07) is 0.162. The average Bonchev–Trinajstić information content (AvgIpc) is 2.37. The first-order valence-electron chi connectivity index (χ1n) is 8.27. The molecule has 1 aliphatic carbocycles. The van der Waals surface area contributed by atoms with Crippen molar-refractivity contribution in [3.05, 3.63) is 0 Å². The Labute approximate surface area is 125 Å². The highest BCUT2D eigenvalue weighted by molar-refractivity contribution is 7.92. The number of sulfone groups is 1. The summed E-state index contributed by atoms with van der Waals surface area (Å²) in [5, 5.41) is 3.29. The molecule has 2 atom stereocenters. The zero-order valence-corrected chi connectivity index (χ0v) is 14.6. The molecule has 0 amide bonds. The molecule has 1 aliphatic rings. The van der Waals surface area contributed by atoms with Gasteiger partial charge < -0.3 is 5.32 Å². The largest absolute Gasteiger partial charge is 0.313 e. The Morgan fingerprint density at radius 1 is 1.15 bits per heavy atom. The molecule has 0 aromatic heterocycles. The van der Waals surface area contributed by atoms with Crippen LogP contribution in [0.2, 0.25) is 0 Å². The molecule has 0 aromatic rings. The third-order valence-electron chi connectivity index (χ3n) is 4.48. The fourth-order valence-electron chi connectivity index (χ4n) is 3.17. The molecule has 0 aromatic carbocycles. The molecule has 3 nitrogen and oxygen atoms in total. The lowest BCUT2D eigenvalue weighted by molar-refractivity contribution is 0.209. The molecule has 4 heteroatoms. The van der Waals surface area contributed by atoms with Gasteiger partial charge in [0.05, 0.1) is 11.0 Å². The zero-order chi connectivity index (χ0) is 15.2. The van der Waals surface area contributed by atoms with Crippen LogP contribution in [0, 0.1) is 5.41 Å². The van der Waals surface area contributed by atoms with E-state index in [0.29, 0.717) is 5.75 Å². The van der Waals surface area contributed by atoms with Gasteiger partial charge in [-0.1, -0.05) is 40.5 Å². The van der Waals surface area contributed by atoms with Gasteiger partial charge in [0.2, 0.25) is 0 Å². The van der Waals surface area contributed by atoms with Crippen molar-refractivity contribution in [2.24, 2.45) is 5.41 Å². The summed E-state index contributed by atoms with van der Waals surface area (Å²) in [6.07, 6.45) is 6.88. The van der Waals surface area contributed by atoms with Crippen LogP contribution >= 0.6 is 0 Å². The lowest BCUT2D eigenvalue weighted by Gasteiger charge is -2.40. The van der Waals surface area contributed by atoms with Gasteiger partial charge >= 0.3 is 0 Å².